The first-order chi connectivity index (χ1) is 8.59. The van der Waals surface area contributed by atoms with Gasteiger partial charge in [-0.05, 0) is 24.3 Å². The number of aliphatic hydroxyl groups is 1. The summed E-state index contributed by atoms with van der Waals surface area (Å²) in [5.74, 6) is 0.736. The SMILES string of the molecule is COCc1ccccc1CNCC(C)(O)CSC. The molecule has 0 amide bonds. The van der Waals surface area contributed by atoms with Gasteiger partial charge in [-0.15, -0.1) is 0 Å². The van der Waals surface area contributed by atoms with E-state index in [1.807, 2.05) is 25.3 Å². The molecule has 1 aromatic rings. The Morgan fingerprint density at radius 2 is 2.00 bits per heavy atom. The Hall–Kier alpha value is -0.550. The molecule has 0 spiro atoms. The third-order valence-electron chi connectivity index (χ3n) is 2.69. The molecule has 0 aliphatic heterocycles. The van der Waals surface area contributed by atoms with E-state index in [4.69, 9.17) is 4.74 Å². The Morgan fingerprint density at radius 3 is 2.61 bits per heavy atom. The lowest BCUT2D eigenvalue weighted by atomic mass is 10.1. The van der Waals surface area contributed by atoms with Gasteiger partial charge in [0, 0.05) is 26.0 Å². The molecular formula is C14H23NO2S. The van der Waals surface area contributed by atoms with Crippen molar-refractivity contribution < 1.29 is 9.84 Å². The monoisotopic (exact) mass is 269 g/mol. The maximum atomic E-state index is 10.1. The van der Waals surface area contributed by atoms with Crippen LogP contribution in [0.5, 0.6) is 0 Å². The summed E-state index contributed by atoms with van der Waals surface area (Å²) in [5, 5.41) is 13.4. The minimum Gasteiger partial charge on any atom is -0.388 e. The molecule has 0 aliphatic carbocycles. The highest BCUT2D eigenvalue weighted by atomic mass is 32.2. The summed E-state index contributed by atoms with van der Waals surface area (Å²) in [6.07, 6.45) is 2.00. The largest absolute Gasteiger partial charge is 0.388 e. The van der Waals surface area contributed by atoms with E-state index in [1.165, 1.54) is 11.1 Å². The van der Waals surface area contributed by atoms with Gasteiger partial charge in [-0.3, -0.25) is 0 Å². The highest BCUT2D eigenvalue weighted by molar-refractivity contribution is 7.98. The zero-order valence-electron chi connectivity index (χ0n) is 11.4. The lowest BCUT2D eigenvalue weighted by Gasteiger charge is -2.23. The summed E-state index contributed by atoms with van der Waals surface area (Å²) < 4.78 is 5.17. The van der Waals surface area contributed by atoms with Gasteiger partial charge in [0.1, 0.15) is 0 Å². The molecule has 4 heteroatoms. The zero-order valence-corrected chi connectivity index (χ0v) is 12.2. The van der Waals surface area contributed by atoms with Gasteiger partial charge >= 0.3 is 0 Å². The average Bonchev–Trinajstić information content (AvgIpc) is 2.31. The number of rotatable bonds is 8. The fraction of sp³-hybridized carbons (Fsp3) is 0.571. The lowest BCUT2D eigenvalue weighted by Crippen LogP contribution is -2.39. The maximum absolute atomic E-state index is 10.1. The second-order valence-corrected chi connectivity index (χ2v) is 5.60. The van der Waals surface area contributed by atoms with E-state index in [1.54, 1.807) is 18.9 Å². The van der Waals surface area contributed by atoms with Crippen molar-refractivity contribution >= 4 is 11.8 Å². The van der Waals surface area contributed by atoms with Crippen molar-refractivity contribution in [3.05, 3.63) is 35.4 Å². The average molecular weight is 269 g/mol. The van der Waals surface area contributed by atoms with E-state index in [-0.39, 0.29) is 0 Å². The molecule has 1 unspecified atom stereocenters. The number of thioether (sulfide) groups is 1. The fourth-order valence-corrected chi connectivity index (χ4v) is 2.58. The van der Waals surface area contributed by atoms with Crippen molar-refractivity contribution in [3.8, 4) is 0 Å². The third-order valence-corrected chi connectivity index (χ3v) is 3.61. The zero-order chi connectivity index (χ0) is 13.4. The summed E-state index contributed by atoms with van der Waals surface area (Å²) in [4.78, 5) is 0. The molecule has 0 aliphatic rings. The van der Waals surface area contributed by atoms with Crippen LogP contribution in [0.15, 0.2) is 24.3 Å². The fourth-order valence-electron chi connectivity index (χ4n) is 1.85. The number of hydrogen-bond donors (Lipinski definition) is 2. The van der Waals surface area contributed by atoms with Crippen molar-refractivity contribution in [1.82, 2.24) is 5.32 Å². The van der Waals surface area contributed by atoms with Crippen molar-refractivity contribution in [2.45, 2.75) is 25.7 Å². The van der Waals surface area contributed by atoms with Crippen LogP contribution in [-0.2, 0) is 17.9 Å². The molecule has 2 N–H and O–H groups in total. The second kappa shape index (κ2) is 7.79. The molecule has 0 saturated heterocycles. The van der Waals surface area contributed by atoms with E-state index in [0.717, 1.165) is 12.3 Å². The molecule has 102 valence electrons. The van der Waals surface area contributed by atoms with Gasteiger partial charge in [0.05, 0.1) is 12.2 Å². The first-order valence-electron chi connectivity index (χ1n) is 6.07. The molecule has 1 aromatic carbocycles. The van der Waals surface area contributed by atoms with E-state index in [2.05, 4.69) is 17.4 Å². The van der Waals surface area contributed by atoms with Gasteiger partial charge in [-0.1, -0.05) is 24.3 Å². The van der Waals surface area contributed by atoms with Crippen molar-refractivity contribution in [2.24, 2.45) is 0 Å². The van der Waals surface area contributed by atoms with Gasteiger partial charge < -0.3 is 15.2 Å². The molecule has 1 atom stereocenters. The molecule has 0 bridgehead atoms. The van der Waals surface area contributed by atoms with Crippen LogP contribution in [0.3, 0.4) is 0 Å². The Bertz CT molecular complexity index is 355. The van der Waals surface area contributed by atoms with Crippen molar-refractivity contribution in [2.75, 3.05) is 25.7 Å². The number of ether oxygens (including phenoxy) is 1. The van der Waals surface area contributed by atoms with Crippen LogP contribution < -0.4 is 5.32 Å². The molecule has 0 fully saturated rings. The van der Waals surface area contributed by atoms with E-state index < -0.39 is 5.60 Å². The van der Waals surface area contributed by atoms with Gasteiger partial charge in [-0.2, -0.15) is 11.8 Å². The predicted molar refractivity (Wildman–Crippen MR) is 77.9 cm³/mol. The first kappa shape index (κ1) is 15.5. The van der Waals surface area contributed by atoms with E-state index >= 15 is 0 Å². The molecule has 18 heavy (non-hydrogen) atoms. The summed E-state index contributed by atoms with van der Waals surface area (Å²) >= 11 is 1.66. The van der Waals surface area contributed by atoms with E-state index in [9.17, 15) is 5.11 Å². The Labute approximate surface area is 114 Å². The summed E-state index contributed by atoms with van der Waals surface area (Å²) in [6.45, 7) is 3.83. The van der Waals surface area contributed by atoms with Crippen LogP contribution in [0.4, 0.5) is 0 Å². The summed E-state index contributed by atoms with van der Waals surface area (Å²) in [7, 11) is 1.70. The molecule has 1 rings (SSSR count). The minimum atomic E-state index is -0.657. The van der Waals surface area contributed by atoms with Crippen molar-refractivity contribution in [3.63, 3.8) is 0 Å². The van der Waals surface area contributed by atoms with Gasteiger partial charge in [0.2, 0.25) is 0 Å². The van der Waals surface area contributed by atoms with Crippen LogP contribution in [0.25, 0.3) is 0 Å². The minimum absolute atomic E-state index is 0.592. The first-order valence-corrected chi connectivity index (χ1v) is 7.46. The van der Waals surface area contributed by atoms with Crippen LogP contribution in [0.1, 0.15) is 18.1 Å². The number of methoxy groups -OCH3 is 1. The Morgan fingerprint density at radius 1 is 1.33 bits per heavy atom. The molecule has 0 aromatic heterocycles. The molecule has 0 radical (unpaired) electrons. The standard InChI is InChI=1S/C14H23NO2S/c1-14(16,11-18-3)10-15-8-12-6-4-5-7-13(12)9-17-2/h4-7,15-16H,8-11H2,1-3H3. The highest BCUT2D eigenvalue weighted by Crippen LogP contribution is 2.12. The summed E-state index contributed by atoms with van der Waals surface area (Å²) in [6, 6.07) is 8.20. The highest BCUT2D eigenvalue weighted by Gasteiger charge is 2.18. The van der Waals surface area contributed by atoms with Crippen molar-refractivity contribution in [1.29, 1.82) is 0 Å². The normalized spacial score (nSPS) is 14.4. The molecule has 3 nitrogen and oxygen atoms in total. The maximum Gasteiger partial charge on any atom is 0.0833 e. The lowest BCUT2D eigenvalue weighted by molar-refractivity contribution is 0.0845. The third kappa shape index (κ3) is 5.40. The van der Waals surface area contributed by atoms with Gasteiger partial charge in [0.25, 0.3) is 0 Å². The Kier molecular flexibility index (Phi) is 6.71. The smallest absolute Gasteiger partial charge is 0.0833 e. The van der Waals surface area contributed by atoms with Crippen LogP contribution >= 0.6 is 11.8 Å². The number of benzene rings is 1. The number of nitrogens with one attached hydrogen (secondary N) is 1. The topological polar surface area (TPSA) is 41.5 Å². The molecule has 0 saturated carbocycles. The van der Waals surface area contributed by atoms with Crippen LogP contribution in [0, 0.1) is 0 Å². The molecule has 0 heterocycles. The van der Waals surface area contributed by atoms with Gasteiger partial charge in [0.15, 0.2) is 0 Å². The summed E-state index contributed by atoms with van der Waals surface area (Å²) in [5.41, 5.74) is 1.76. The van der Waals surface area contributed by atoms with E-state index in [0.29, 0.717) is 13.2 Å². The number of hydrogen-bond acceptors (Lipinski definition) is 4. The predicted octanol–water partition coefficient (Wildman–Crippen LogP) is 2.04. The quantitative estimate of drug-likeness (QED) is 0.758. The molecular weight excluding hydrogens is 246 g/mol. The van der Waals surface area contributed by atoms with Crippen LogP contribution in [-0.4, -0.2) is 36.4 Å². The Balaban J connectivity index is 2.48. The van der Waals surface area contributed by atoms with Gasteiger partial charge in [-0.25, -0.2) is 0 Å². The van der Waals surface area contributed by atoms with Crippen LogP contribution in [0.2, 0.25) is 0 Å². The second-order valence-electron chi connectivity index (χ2n) is 4.74.